The number of aromatic nitrogens is 1. The average molecular weight is 377 g/mol. The van der Waals surface area contributed by atoms with Crippen LogP contribution in [0.25, 0.3) is 22.0 Å². The predicted octanol–water partition coefficient (Wildman–Crippen LogP) is 4.38. The Morgan fingerprint density at radius 2 is 1.79 bits per heavy atom. The van der Waals surface area contributed by atoms with Crippen molar-refractivity contribution in [2.75, 3.05) is 26.2 Å². The summed E-state index contributed by atoms with van der Waals surface area (Å²) in [4.78, 5) is 22.2. The Kier molecular flexibility index (Phi) is 4.55. The number of hydrogen-bond acceptors (Lipinski definition) is 4. The Balaban J connectivity index is 1.32. The zero-order valence-corrected chi connectivity index (χ0v) is 16.5. The molecule has 5 rings (SSSR count). The van der Waals surface area contributed by atoms with Crippen LogP contribution < -0.4 is 0 Å². The molecule has 2 aliphatic heterocycles. The van der Waals surface area contributed by atoms with E-state index in [1.807, 2.05) is 17.0 Å². The molecule has 0 aliphatic carbocycles. The van der Waals surface area contributed by atoms with Crippen molar-refractivity contribution >= 4 is 27.9 Å². The number of carbonyl (C=O) groups is 1. The SMILES string of the molecule is Cc1ccc2cc3cc(C(=O)N4CCC(N5CCCCC5)CC4)oc3nc2c1. The first-order valence-corrected chi connectivity index (χ1v) is 10.5. The zero-order valence-electron chi connectivity index (χ0n) is 16.5. The van der Waals surface area contributed by atoms with E-state index in [1.165, 1.54) is 37.9 Å². The third-order valence-corrected chi connectivity index (χ3v) is 6.33. The van der Waals surface area contributed by atoms with Crippen molar-refractivity contribution in [2.24, 2.45) is 0 Å². The normalized spacial score (nSPS) is 19.5. The molecule has 0 spiro atoms. The first-order chi connectivity index (χ1) is 13.7. The molecule has 0 radical (unpaired) electrons. The number of benzene rings is 1. The second-order valence-electron chi connectivity index (χ2n) is 8.31. The zero-order chi connectivity index (χ0) is 19.1. The van der Waals surface area contributed by atoms with Crippen LogP contribution in [0.1, 0.15) is 48.2 Å². The van der Waals surface area contributed by atoms with Crippen LogP contribution >= 0.6 is 0 Å². The van der Waals surface area contributed by atoms with E-state index >= 15 is 0 Å². The van der Waals surface area contributed by atoms with Gasteiger partial charge in [0.05, 0.1) is 5.52 Å². The number of likely N-dealkylation sites (tertiary alicyclic amines) is 2. The molecular formula is C23H27N3O2. The maximum Gasteiger partial charge on any atom is 0.289 e. The quantitative estimate of drug-likeness (QED) is 0.665. The van der Waals surface area contributed by atoms with Gasteiger partial charge in [-0.3, -0.25) is 4.79 Å². The second-order valence-corrected chi connectivity index (χ2v) is 8.31. The topological polar surface area (TPSA) is 49.6 Å². The number of fused-ring (bicyclic) bond motifs is 2. The van der Waals surface area contributed by atoms with E-state index in [0.717, 1.165) is 42.2 Å². The molecule has 2 aliphatic rings. The van der Waals surface area contributed by atoms with Gasteiger partial charge in [0.2, 0.25) is 5.71 Å². The van der Waals surface area contributed by atoms with Gasteiger partial charge in [-0.25, -0.2) is 4.98 Å². The summed E-state index contributed by atoms with van der Waals surface area (Å²) in [5.41, 5.74) is 2.62. The van der Waals surface area contributed by atoms with Gasteiger partial charge in [0, 0.05) is 29.9 Å². The molecule has 1 aromatic carbocycles. The molecule has 2 fully saturated rings. The number of nitrogens with zero attached hydrogens (tertiary/aromatic N) is 3. The van der Waals surface area contributed by atoms with Gasteiger partial charge in [-0.15, -0.1) is 0 Å². The highest BCUT2D eigenvalue weighted by atomic mass is 16.4. The number of carbonyl (C=O) groups excluding carboxylic acids is 1. The highest BCUT2D eigenvalue weighted by Crippen LogP contribution is 2.26. The van der Waals surface area contributed by atoms with Crippen molar-refractivity contribution in [3.05, 3.63) is 41.7 Å². The molecule has 2 aromatic heterocycles. The van der Waals surface area contributed by atoms with Crippen molar-refractivity contribution < 1.29 is 9.21 Å². The minimum atomic E-state index is -0.00432. The minimum absolute atomic E-state index is 0.00432. The van der Waals surface area contributed by atoms with Crippen LogP contribution in [0, 0.1) is 6.92 Å². The number of piperidine rings is 2. The summed E-state index contributed by atoms with van der Waals surface area (Å²) >= 11 is 0. The maximum absolute atomic E-state index is 13.0. The van der Waals surface area contributed by atoms with Crippen LogP contribution in [0.2, 0.25) is 0 Å². The van der Waals surface area contributed by atoms with E-state index in [2.05, 4.69) is 35.0 Å². The van der Waals surface area contributed by atoms with Crippen LogP contribution in [0.4, 0.5) is 0 Å². The van der Waals surface area contributed by atoms with Gasteiger partial charge in [0.25, 0.3) is 5.91 Å². The Labute approximate surface area is 165 Å². The highest BCUT2D eigenvalue weighted by Gasteiger charge is 2.29. The lowest BCUT2D eigenvalue weighted by Gasteiger charge is -2.40. The van der Waals surface area contributed by atoms with Crippen LogP contribution in [0.3, 0.4) is 0 Å². The lowest BCUT2D eigenvalue weighted by atomic mass is 10.00. The minimum Gasteiger partial charge on any atom is -0.433 e. The molecule has 4 heterocycles. The summed E-state index contributed by atoms with van der Waals surface area (Å²) in [5, 5.41) is 1.96. The molecule has 0 bridgehead atoms. The van der Waals surface area contributed by atoms with E-state index in [1.54, 1.807) is 0 Å². The second kappa shape index (κ2) is 7.21. The molecule has 0 N–H and O–H groups in total. The van der Waals surface area contributed by atoms with E-state index < -0.39 is 0 Å². The molecular weight excluding hydrogens is 350 g/mol. The largest absolute Gasteiger partial charge is 0.433 e. The summed E-state index contributed by atoms with van der Waals surface area (Å²) in [6.07, 6.45) is 6.13. The fourth-order valence-electron chi connectivity index (χ4n) is 4.71. The fourth-order valence-corrected chi connectivity index (χ4v) is 4.71. The Hall–Kier alpha value is -2.40. The van der Waals surface area contributed by atoms with Crippen LogP contribution in [-0.2, 0) is 0 Å². The van der Waals surface area contributed by atoms with Crippen LogP contribution in [0.5, 0.6) is 0 Å². The van der Waals surface area contributed by atoms with Crippen molar-refractivity contribution in [3.8, 4) is 0 Å². The van der Waals surface area contributed by atoms with Gasteiger partial charge in [-0.1, -0.05) is 18.6 Å². The van der Waals surface area contributed by atoms with E-state index in [4.69, 9.17) is 4.42 Å². The molecule has 3 aromatic rings. The Bertz CT molecular complexity index is 1010. The fraction of sp³-hybridized carbons (Fsp3) is 0.478. The van der Waals surface area contributed by atoms with E-state index in [9.17, 15) is 4.79 Å². The predicted molar refractivity (Wildman–Crippen MR) is 111 cm³/mol. The molecule has 0 atom stereocenters. The van der Waals surface area contributed by atoms with E-state index in [-0.39, 0.29) is 5.91 Å². The number of aryl methyl sites for hydroxylation is 1. The molecule has 5 nitrogen and oxygen atoms in total. The Morgan fingerprint density at radius 3 is 2.57 bits per heavy atom. The summed E-state index contributed by atoms with van der Waals surface area (Å²) in [6.45, 7) is 6.12. The summed E-state index contributed by atoms with van der Waals surface area (Å²) in [7, 11) is 0. The maximum atomic E-state index is 13.0. The molecule has 2 saturated heterocycles. The summed E-state index contributed by atoms with van der Waals surface area (Å²) < 4.78 is 5.86. The third kappa shape index (κ3) is 3.28. The lowest BCUT2D eigenvalue weighted by molar-refractivity contribution is 0.0564. The number of pyridine rings is 1. The summed E-state index contributed by atoms with van der Waals surface area (Å²) in [6, 6.07) is 10.7. The molecule has 0 saturated carbocycles. The van der Waals surface area contributed by atoms with Crippen LogP contribution in [0.15, 0.2) is 34.7 Å². The van der Waals surface area contributed by atoms with Gasteiger partial charge in [0.1, 0.15) is 0 Å². The molecule has 0 unspecified atom stereocenters. The van der Waals surface area contributed by atoms with Gasteiger partial charge < -0.3 is 14.2 Å². The monoisotopic (exact) mass is 377 g/mol. The standard InChI is InChI=1S/C23H27N3O2/c1-16-5-6-17-14-18-15-21(28-22(18)24-20(17)13-16)23(27)26-11-7-19(8-12-26)25-9-3-2-4-10-25/h5-6,13-15,19H,2-4,7-12H2,1H3. The molecule has 1 amide bonds. The van der Waals surface area contributed by atoms with Gasteiger partial charge >= 0.3 is 0 Å². The molecule has 5 heteroatoms. The third-order valence-electron chi connectivity index (χ3n) is 6.33. The van der Waals surface area contributed by atoms with E-state index in [0.29, 0.717) is 17.5 Å². The molecule has 146 valence electrons. The highest BCUT2D eigenvalue weighted by molar-refractivity contribution is 5.98. The first kappa shape index (κ1) is 17.7. The number of hydrogen-bond donors (Lipinski definition) is 0. The number of furan rings is 1. The first-order valence-electron chi connectivity index (χ1n) is 10.5. The lowest BCUT2D eigenvalue weighted by Crippen LogP contribution is -2.48. The van der Waals surface area contributed by atoms with Crippen molar-refractivity contribution in [2.45, 2.75) is 45.1 Å². The summed E-state index contributed by atoms with van der Waals surface area (Å²) in [5.74, 6) is 0.404. The van der Waals surface area contributed by atoms with Crippen molar-refractivity contribution in [1.82, 2.24) is 14.8 Å². The van der Waals surface area contributed by atoms with Crippen LogP contribution in [-0.4, -0.2) is 52.9 Å². The van der Waals surface area contributed by atoms with Crippen molar-refractivity contribution in [1.29, 1.82) is 0 Å². The van der Waals surface area contributed by atoms with Gasteiger partial charge in [-0.05, 0) is 69.5 Å². The smallest absolute Gasteiger partial charge is 0.289 e. The Morgan fingerprint density at radius 1 is 1.00 bits per heavy atom. The van der Waals surface area contributed by atoms with Crippen molar-refractivity contribution in [3.63, 3.8) is 0 Å². The average Bonchev–Trinajstić information content (AvgIpc) is 3.15. The number of rotatable bonds is 2. The molecule has 28 heavy (non-hydrogen) atoms. The van der Waals surface area contributed by atoms with Gasteiger partial charge in [0.15, 0.2) is 5.76 Å². The number of amides is 1. The van der Waals surface area contributed by atoms with Gasteiger partial charge in [-0.2, -0.15) is 0 Å².